The highest BCUT2D eigenvalue weighted by molar-refractivity contribution is 7.89. The van der Waals surface area contributed by atoms with E-state index < -0.39 is 10.0 Å². The van der Waals surface area contributed by atoms with E-state index >= 15 is 0 Å². The summed E-state index contributed by atoms with van der Waals surface area (Å²) in [6, 6.07) is 1.57. The molecule has 1 aromatic heterocycles. The highest BCUT2D eigenvalue weighted by atomic mass is 32.2. The topological polar surface area (TPSA) is 74.0 Å². The molecule has 0 bridgehead atoms. The molecule has 5 nitrogen and oxygen atoms in total. The molecular weight excluding hydrogens is 214 g/mol. The van der Waals surface area contributed by atoms with Gasteiger partial charge in [0.1, 0.15) is 0 Å². The molecule has 6 heteroatoms. The minimum absolute atomic E-state index is 0.0126. The van der Waals surface area contributed by atoms with Gasteiger partial charge in [0, 0.05) is 25.0 Å². The molecule has 84 valence electrons. The zero-order chi connectivity index (χ0) is 10.7. The van der Waals surface area contributed by atoms with Gasteiger partial charge >= 0.3 is 0 Å². The molecule has 0 saturated carbocycles. The Morgan fingerprint density at radius 3 is 2.93 bits per heavy atom. The Hall–Kier alpha value is -0.850. The van der Waals surface area contributed by atoms with Crippen molar-refractivity contribution in [2.24, 2.45) is 0 Å². The minimum atomic E-state index is -3.34. The molecule has 0 radical (unpaired) electrons. The second kappa shape index (κ2) is 4.34. The van der Waals surface area contributed by atoms with Crippen molar-refractivity contribution in [1.29, 1.82) is 0 Å². The second-order valence-corrected chi connectivity index (χ2v) is 5.43. The van der Waals surface area contributed by atoms with Gasteiger partial charge in [-0.1, -0.05) is 0 Å². The first-order valence-corrected chi connectivity index (χ1v) is 6.53. The van der Waals surface area contributed by atoms with Crippen LogP contribution in [0.25, 0.3) is 0 Å². The van der Waals surface area contributed by atoms with E-state index in [1.54, 1.807) is 12.3 Å². The minimum Gasteiger partial charge on any atom is -0.366 e. The van der Waals surface area contributed by atoms with Gasteiger partial charge in [0.05, 0.1) is 4.90 Å². The molecule has 2 rings (SSSR count). The van der Waals surface area contributed by atoms with E-state index in [-0.39, 0.29) is 6.04 Å². The highest BCUT2D eigenvalue weighted by Crippen LogP contribution is 2.10. The average Bonchev–Trinajstić information content (AvgIpc) is 2.71. The van der Waals surface area contributed by atoms with Gasteiger partial charge in [0.2, 0.25) is 10.0 Å². The van der Waals surface area contributed by atoms with E-state index in [9.17, 15) is 8.42 Å². The van der Waals surface area contributed by atoms with Gasteiger partial charge in [-0.2, -0.15) is 0 Å². The monoisotopic (exact) mass is 229 g/mol. The standard InChI is InChI=1S/C9H15N3O2S/c13-15(14,9-3-5-11-7-9)12-8-2-1-4-10-6-8/h3,5,7-8,10-12H,1-2,4,6H2. The van der Waals surface area contributed by atoms with Crippen LogP contribution in [0.2, 0.25) is 0 Å². The fourth-order valence-corrected chi connectivity index (χ4v) is 2.96. The summed E-state index contributed by atoms with van der Waals surface area (Å²) >= 11 is 0. The van der Waals surface area contributed by atoms with Crippen LogP contribution in [0.3, 0.4) is 0 Å². The normalized spacial score (nSPS) is 22.8. The molecule has 1 saturated heterocycles. The van der Waals surface area contributed by atoms with E-state index in [0.29, 0.717) is 11.4 Å². The van der Waals surface area contributed by atoms with Gasteiger partial charge in [-0.3, -0.25) is 0 Å². The van der Waals surface area contributed by atoms with Crippen LogP contribution < -0.4 is 10.0 Å². The van der Waals surface area contributed by atoms with Crippen LogP contribution in [0.15, 0.2) is 23.4 Å². The van der Waals surface area contributed by atoms with E-state index in [2.05, 4.69) is 15.0 Å². The second-order valence-electron chi connectivity index (χ2n) is 3.71. The molecule has 15 heavy (non-hydrogen) atoms. The van der Waals surface area contributed by atoms with Gasteiger partial charge in [0.15, 0.2) is 0 Å². The van der Waals surface area contributed by atoms with Crippen molar-refractivity contribution in [2.75, 3.05) is 13.1 Å². The molecule has 0 aromatic carbocycles. The van der Waals surface area contributed by atoms with Gasteiger partial charge in [-0.15, -0.1) is 0 Å². The van der Waals surface area contributed by atoms with Crippen LogP contribution in [0.1, 0.15) is 12.8 Å². The van der Waals surface area contributed by atoms with E-state index in [4.69, 9.17) is 0 Å². The van der Waals surface area contributed by atoms with E-state index in [0.717, 1.165) is 19.4 Å². The van der Waals surface area contributed by atoms with Crippen molar-refractivity contribution in [3.05, 3.63) is 18.5 Å². The van der Waals surface area contributed by atoms with Crippen molar-refractivity contribution in [3.63, 3.8) is 0 Å². The molecule has 1 aliphatic rings. The first-order valence-electron chi connectivity index (χ1n) is 5.04. The van der Waals surface area contributed by atoms with Gasteiger partial charge in [0.25, 0.3) is 0 Å². The number of hydrogen-bond acceptors (Lipinski definition) is 3. The quantitative estimate of drug-likeness (QED) is 0.685. The maximum absolute atomic E-state index is 11.8. The van der Waals surface area contributed by atoms with Crippen LogP contribution in [-0.2, 0) is 10.0 Å². The maximum atomic E-state index is 11.8. The summed E-state index contributed by atoms with van der Waals surface area (Å²) in [5.74, 6) is 0. The molecule has 0 aliphatic carbocycles. The number of aromatic nitrogens is 1. The van der Waals surface area contributed by atoms with Crippen LogP contribution in [0, 0.1) is 0 Å². The van der Waals surface area contributed by atoms with Crippen molar-refractivity contribution in [1.82, 2.24) is 15.0 Å². The maximum Gasteiger partial charge on any atom is 0.242 e. The Bertz CT molecular complexity index is 393. The van der Waals surface area contributed by atoms with Crippen molar-refractivity contribution in [3.8, 4) is 0 Å². The lowest BCUT2D eigenvalue weighted by Crippen LogP contribution is -2.45. The summed E-state index contributed by atoms with van der Waals surface area (Å²) < 4.78 is 26.3. The highest BCUT2D eigenvalue weighted by Gasteiger charge is 2.21. The van der Waals surface area contributed by atoms with Crippen molar-refractivity contribution < 1.29 is 8.42 Å². The molecule has 1 aromatic rings. The number of rotatable bonds is 3. The number of aromatic amines is 1. The lowest BCUT2D eigenvalue weighted by atomic mass is 10.1. The van der Waals surface area contributed by atoms with E-state index in [1.807, 2.05) is 0 Å². The Labute approximate surface area is 89.3 Å². The summed E-state index contributed by atoms with van der Waals surface area (Å²) in [4.78, 5) is 3.04. The third-order valence-corrected chi connectivity index (χ3v) is 4.02. The van der Waals surface area contributed by atoms with Crippen LogP contribution in [0.5, 0.6) is 0 Å². The SMILES string of the molecule is O=S(=O)(NC1CCCNC1)c1cc[nH]c1. The number of H-pyrrole nitrogens is 1. The molecule has 3 N–H and O–H groups in total. The Kier molecular flexibility index (Phi) is 3.08. The first-order chi connectivity index (χ1) is 7.18. The smallest absolute Gasteiger partial charge is 0.242 e. The molecule has 1 fully saturated rings. The number of nitrogens with one attached hydrogen (secondary N) is 3. The zero-order valence-electron chi connectivity index (χ0n) is 8.36. The Morgan fingerprint density at radius 2 is 2.33 bits per heavy atom. The van der Waals surface area contributed by atoms with Crippen LogP contribution in [0.4, 0.5) is 0 Å². The van der Waals surface area contributed by atoms with Crippen LogP contribution >= 0.6 is 0 Å². The summed E-state index contributed by atoms with van der Waals surface area (Å²) in [6.07, 6.45) is 5.00. The zero-order valence-corrected chi connectivity index (χ0v) is 9.18. The Balaban J connectivity index is 2.04. The van der Waals surface area contributed by atoms with Gasteiger partial charge < -0.3 is 10.3 Å². The molecule has 1 aliphatic heterocycles. The fraction of sp³-hybridized carbons (Fsp3) is 0.556. The Morgan fingerprint density at radius 1 is 1.47 bits per heavy atom. The van der Waals surface area contributed by atoms with E-state index in [1.165, 1.54) is 6.20 Å². The third-order valence-electron chi connectivity index (χ3n) is 2.50. The summed E-state index contributed by atoms with van der Waals surface area (Å²) in [7, 11) is -3.34. The molecular formula is C9H15N3O2S. The largest absolute Gasteiger partial charge is 0.366 e. The molecule has 1 unspecified atom stereocenters. The lowest BCUT2D eigenvalue weighted by molar-refractivity contribution is 0.428. The molecule has 1 atom stereocenters. The number of sulfonamides is 1. The fourth-order valence-electron chi connectivity index (χ4n) is 1.72. The molecule has 0 spiro atoms. The van der Waals surface area contributed by atoms with Crippen molar-refractivity contribution >= 4 is 10.0 Å². The van der Waals surface area contributed by atoms with Gasteiger partial charge in [-0.25, -0.2) is 13.1 Å². The van der Waals surface area contributed by atoms with Gasteiger partial charge in [-0.05, 0) is 25.5 Å². The average molecular weight is 229 g/mol. The first kappa shape index (κ1) is 10.7. The molecule has 0 amide bonds. The third kappa shape index (κ3) is 2.58. The molecule has 2 heterocycles. The lowest BCUT2D eigenvalue weighted by Gasteiger charge is -2.23. The summed E-state index contributed by atoms with van der Waals surface area (Å²) in [5, 5.41) is 3.17. The van der Waals surface area contributed by atoms with Crippen molar-refractivity contribution in [2.45, 2.75) is 23.8 Å². The predicted molar refractivity (Wildman–Crippen MR) is 57.0 cm³/mol. The number of hydrogen-bond donors (Lipinski definition) is 3. The number of piperidine rings is 1. The van der Waals surface area contributed by atoms with Crippen LogP contribution in [-0.4, -0.2) is 32.5 Å². The summed E-state index contributed by atoms with van der Waals surface area (Å²) in [5.41, 5.74) is 0. The summed E-state index contributed by atoms with van der Waals surface area (Å²) in [6.45, 7) is 1.69. The predicted octanol–water partition coefficient (Wildman–Crippen LogP) is 0.0450.